The maximum absolute atomic E-state index is 12.3. The molecule has 1 N–H and O–H groups in total. The van der Waals surface area contributed by atoms with Crippen LogP contribution in [0.1, 0.15) is 42.3 Å². The van der Waals surface area contributed by atoms with Gasteiger partial charge in [-0.1, -0.05) is 51.1 Å². The zero-order chi connectivity index (χ0) is 15.2. The molecule has 0 radical (unpaired) electrons. The van der Waals surface area contributed by atoms with E-state index >= 15 is 0 Å². The standard InChI is InChI=1S/C19H23NO/c1-4-16-7-5-6-8-18(16)20-19(21)17-11-9-15(10-12-17)13-14(2)3/h5-12,14H,4,13H2,1-3H3,(H,20,21). The van der Waals surface area contributed by atoms with Gasteiger partial charge in [-0.2, -0.15) is 0 Å². The van der Waals surface area contributed by atoms with Crippen molar-refractivity contribution in [3.05, 3.63) is 65.2 Å². The van der Waals surface area contributed by atoms with Crippen LogP contribution in [0.5, 0.6) is 0 Å². The van der Waals surface area contributed by atoms with Crippen molar-refractivity contribution in [2.24, 2.45) is 5.92 Å². The quantitative estimate of drug-likeness (QED) is 0.845. The van der Waals surface area contributed by atoms with Crippen molar-refractivity contribution in [3.8, 4) is 0 Å². The topological polar surface area (TPSA) is 29.1 Å². The fourth-order valence-electron chi connectivity index (χ4n) is 2.41. The second-order valence-electron chi connectivity index (χ2n) is 5.76. The summed E-state index contributed by atoms with van der Waals surface area (Å²) >= 11 is 0. The van der Waals surface area contributed by atoms with Crippen LogP contribution in [-0.2, 0) is 12.8 Å². The zero-order valence-electron chi connectivity index (χ0n) is 13.0. The number of anilines is 1. The van der Waals surface area contributed by atoms with Crippen LogP contribution in [-0.4, -0.2) is 5.91 Å². The summed E-state index contributed by atoms with van der Waals surface area (Å²) in [5.41, 5.74) is 4.03. The Kier molecular flexibility index (Phi) is 5.15. The molecule has 0 saturated heterocycles. The first kappa shape index (κ1) is 15.3. The van der Waals surface area contributed by atoms with Crippen molar-refractivity contribution >= 4 is 11.6 Å². The number of aryl methyl sites for hydroxylation is 1. The van der Waals surface area contributed by atoms with Crippen LogP contribution in [0.2, 0.25) is 0 Å². The Balaban J connectivity index is 2.09. The highest BCUT2D eigenvalue weighted by Crippen LogP contribution is 2.17. The maximum Gasteiger partial charge on any atom is 0.255 e. The van der Waals surface area contributed by atoms with E-state index in [9.17, 15) is 4.79 Å². The second-order valence-corrected chi connectivity index (χ2v) is 5.76. The molecule has 0 heterocycles. The third-order valence-corrected chi connectivity index (χ3v) is 3.51. The summed E-state index contributed by atoms with van der Waals surface area (Å²) in [7, 11) is 0. The van der Waals surface area contributed by atoms with Crippen LogP contribution >= 0.6 is 0 Å². The molecule has 2 nitrogen and oxygen atoms in total. The molecule has 1 amide bonds. The van der Waals surface area contributed by atoms with Crippen LogP contribution in [0.3, 0.4) is 0 Å². The molecule has 2 aromatic rings. The Morgan fingerprint density at radius 1 is 1.05 bits per heavy atom. The molecule has 0 aliphatic carbocycles. The molecule has 21 heavy (non-hydrogen) atoms. The first-order chi connectivity index (χ1) is 10.1. The lowest BCUT2D eigenvalue weighted by molar-refractivity contribution is 0.102. The summed E-state index contributed by atoms with van der Waals surface area (Å²) in [6, 6.07) is 15.8. The summed E-state index contributed by atoms with van der Waals surface area (Å²) in [5.74, 6) is 0.577. The molecule has 2 aromatic carbocycles. The lowest BCUT2D eigenvalue weighted by atomic mass is 10.0. The van der Waals surface area contributed by atoms with E-state index in [4.69, 9.17) is 0 Å². The molecular formula is C19H23NO. The molecule has 0 bridgehead atoms. The fourth-order valence-corrected chi connectivity index (χ4v) is 2.41. The summed E-state index contributed by atoms with van der Waals surface area (Å²) in [5, 5.41) is 3.00. The predicted octanol–water partition coefficient (Wildman–Crippen LogP) is 4.70. The van der Waals surface area contributed by atoms with Gasteiger partial charge in [0, 0.05) is 11.3 Å². The van der Waals surface area contributed by atoms with Gasteiger partial charge in [-0.15, -0.1) is 0 Å². The van der Waals surface area contributed by atoms with Crippen molar-refractivity contribution < 1.29 is 4.79 Å². The Morgan fingerprint density at radius 2 is 1.71 bits per heavy atom. The van der Waals surface area contributed by atoms with Crippen LogP contribution in [0.15, 0.2) is 48.5 Å². The minimum atomic E-state index is -0.0491. The van der Waals surface area contributed by atoms with Crippen molar-refractivity contribution in [1.82, 2.24) is 0 Å². The number of hydrogen-bond acceptors (Lipinski definition) is 1. The van der Waals surface area contributed by atoms with E-state index in [1.807, 2.05) is 48.5 Å². The highest BCUT2D eigenvalue weighted by atomic mass is 16.1. The van der Waals surface area contributed by atoms with E-state index in [-0.39, 0.29) is 5.91 Å². The minimum Gasteiger partial charge on any atom is -0.322 e. The van der Waals surface area contributed by atoms with Gasteiger partial charge >= 0.3 is 0 Å². The number of hydrogen-bond donors (Lipinski definition) is 1. The van der Waals surface area contributed by atoms with Crippen LogP contribution in [0.4, 0.5) is 5.69 Å². The molecule has 0 unspecified atom stereocenters. The Morgan fingerprint density at radius 3 is 2.33 bits per heavy atom. The third-order valence-electron chi connectivity index (χ3n) is 3.51. The van der Waals surface area contributed by atoms with Crippen molar-refractivity contribution in [2.45, 2.75) is 33.6 Å². The van der Waals surface area contributed by atoms with E-state index in [1.54, 1.807) is 0 Å². The van der Waals surface area contributed by atoms with E-state index in [0.29, 0.717) is 11.5 Å². The molecular weight excluding hydrogens is 258 g/mol. The lowest BCUT2D eigenvalue weighted by Gasteiger charge is -2.10. The zero-order valence-corrected chi connectivity index (χ0v) is 13.0. The second kappa shape index (κ2) is 7.07. The first-order valence-electron chi connectivity index (χ1n) is 7.58. The van der Waals surface area contributed by atoms with E-state index < -0.39 is 0 Å². The summed E-state index contributed by atoms with van der Waals surface area (Å²) in [6.07, 6.45) is 1.95. The molecule has 0 aliphatic rings. The maximum atomic E-state index is 12.3. The predicted molar refractivity (Wildman–Crippen MR) is 88.8 cm³/mol. The third kappa shape index (κ3) is 4.19. The van der Waals surface area contributed by atoms with Gasteiger partial charge in [-0.25, -0.2) is 0 Å². The van der Waals surface area contributed by atoms with Gasteiger partial charge in [0.25, 0.3) is 5.91 Å². The minimum absolute atomic E-state index is 0.0491. The van der Waals surface area contributed by atoms with Crippen molar-refractivity contribution in [1.29, 1.82) is 0 Å². The average Bonchev–Trinajstić information content (AvgIpc) is 2.48. The summed E-state index contributed by atoms with van der Waals surface area (Å²) in [4.78, 5) is 12.3. The van der Waals surface area contributed by atoms with E-state index in [1.165, 1.54) is 5.56 Å². The Labute approximate surface area is 127 Å². The molecule has 0 spiro atoms. The highest BCUT2D eigenvalue weighted by molar-refractivity contribution is 6.04. The molecule has 2 rings (SSSR count). The molecule has 2 heteroatoms. The molecule has 0 aliphatic heterocycles. The first-order valence-corrected chi connectivity index (χ1v) is 7.58. The van der Waals surface area contributed by atoms with Gasteiger partial charge in [-0.3, -0.25) is 4.79 Å². The number of rotatable bonds is 5. The normalized spacial score (nSPS) is 10.7. The molecule has 0 aromatic heterocycles. The number of nitrogens with one attached hydrogen (secondary N) is 1. The van der Waals surface area contributed by atoms with E-state index in [0.717, 1.165) is 24.1 Å². The Hall–Kier alpha value is -2.09. The number of amides is 1. The number of para-hydroxylation sites is 1. The summed E-state index contributed by atoms with van der Waals surface area (Å²) < 4.78 is 0. The Bertz CT molecular complexity index is 599. The SMILES string of the molecule is CCc1ccccc1NC(=O)c1ccc(CC(C)C)cc1. The van der Waals surface area contributed by atoms with Gasteiger partial charge in [0.05, 0.1) is 0 Å². The summed E-state index contributed by atoms with van der Waals surface area (Å²) in [6.45, 7) is 6.48. The van der Waals surface area contributed by atoms with Crippen LogP contribution < -0.4 is 5.32 Å². The highest BCUT2D eigenvalue weighted by Gasteiger charge is 2.08. The number of benzene rings is 2. The smallest absolute Gasteiger partial charge is 0.255 e. The van der Waals surface area contributed by atoms with Crippen molar-refractivity contribution in [3.63, 3.8) is 0 Å². The van der Waals surface area contributed by atoms with Crippen LogP contribution in [0.25, 0.3) is 0 Å². The van der Waals surface area contributed by atoms with E-state index in [2.05, 4.69) is 26.1 Å². The number of carbonyl (C=O) groups excluding carboxylic acids is 1. The van der Waals surface area contributed by atoms with Gasteiger partial charge in [-0.05, 0) is 48.1 Å². The lowest BCUT2D eigenvalue weighted by Crippen LogP contribution is -2.13. The fraction of sp³-hybridized carbons (Fsp3) is 0.316. The molecule has 0 saturated carbocycles. The monoisotopic (exact) mass is 281 g/mol. The van der Waals surface area contributed by atoms with Crippen LogP contribution in [0, 0.1) is 5.92 Å². The van der Waals surface area contributed by atoms with Gasteiger partial charge in [0.15, 0.2) is 0 Å². The molecule has 110 valence electrons. The van der Waals surface area contributed by atoms with Gasteiger partial charge in [0.2, 0.25) is 0 Å². The number of carbonyl (C=O) groups is 1. The largest absolute Gasteiger partial charge is 0.322 e. The molecule has 0 fully saturated rings. The van der Waals surface area contributed by atoms with Crippen molar-refractivity contribution in [2.75, 3.05) is 5.32 Å². The average molecular weight is 281 g/mol. The van der Waals surface area contributed by atoms with Gasteiger partial charge < -0.3 is 5.32 Å². The molecule has 0 atom stereocenters. The van der Waals surface area contributed by atoms with Gasteiger partial charge in [0.1, 0.15) is 0 Å².